The van der Waals surface area contributed by atoms with Crippen molar-refractivity contribution >= 4 is 5.78 Å². The first-order valence-electron chi connectivity index (χ1n) is 9.35. The third-order valence-corrected chi connectivity index (χ3v) is 5.97. The van der Waals surface area contributed by atoms with E-state index in [4.69, 9.17) is 4.74 Å². The molecule has 5 heteroatoms. The van der Waals surface area contributed by atoms with Gasteiger partial charge in [0.1, 0.15) is 11.6 Å². The van der Waals surface area contributed by atoms with E-state index < -0.39 is 5.60 Å². The lowest BCUT2D eigenvalue weighted by molar-refractivity contribution is 0.0313. The zero-order valence-corrected chi connectivity index (χ0v) is 15.4. The summed E-state index contributed by atoms with van der Waals surface area (Å²) in [7, 11) is 1.63. The maximum atomic E-state index is 13.3. The van der Waals surface area contributed by atoms with Crippen LogP contribution < -0.4 is 4.74 Å². The molecule has 1 saturated heterocycles. The molecule has 1 aliphatic heterocycles. The summed E-state index contributed by atoms with van der Waals surface area (Å²) in [5, 5.41) is 11.2. The number of ketones is 1. The van der Waals surface area contributed by atoms with Crippen molar-refractivity contribution < 1.29 is 19.0 Å². The molecule has 0 radical (unpaired) electrons. The summed E-state index contributed by atoms with van der Waals surface area (Å²) >= 11 is 0. The molecule has 1 saturated carbocycles. The van der Waals surface area contributed by atoms with Gasteiger partial charge < -0.3 is 9.84 Å². The highest BCUT2D eigenvalue weighted by Crippen LogP contribution is 2.49. The zero-order chi connectivity index (χ0) is 19.0. The van der Waals surface area contributed by atoms with Gasteiger partial charge >= 0.3 is 0 Å². The third-order valence-electron chi connectivity index (χ3n) is 5.97. The number of carbonyl (C=O) groups is 1. The van der Waals surface area contributed by atoms with E-state index >= 15 is 0 Å². The Morgan fingerprint density at radius 1 is 1.19 bits per heavy atom. The van der Waals surface area contributed by atoms with Crippen LogP contribution in [0.3, 0.4) is 0 Å². The second-order valence-electron chi connectivity index (χ2n) is 7.82. The van der Waals surface area contributed by atoms with Gasteiger partial charge in [0.25, 0.3) is 0 Å². The molecule has 2 fully saturated rings. The quantitative estimate of drug-likeness (QED) is 0.822. The molecular formula is C22H24FNO3. The number of aliphatic hydroxyl groups is 1. The summed E-state index contributed by atoms with van der Waals surface area (Å²) in [6, 6.07) is 13.5. The first-order valence-corrected chi connectivity index (χ1v) is 9.35. The van der Waals surface area contributed by atoms with Crippen molar-refractivity contribution in [3.8, 4) is 5.75 Å². The van der Waals surface area contributed by atoms with Crippen molar-refractivity contribution in [2.24, 2.45) is 11.8 Å². The number of hydrogen-bond acceptors (Lipinski definition) is 4. The molecule has 142 valence electrons. The maximum Gasteiger partial charge on any atom is 0.176 e. The Morgan fingerprint density at radius 3 is 2.56 bits per heavy atom. The molecule has 2 aliphatic rings. The highest BCUT2D eigenvalue weighted by molar-refractivity contribution is 5.97. The second-order valence-corrected chi connectivity index (χ2v) is 7.82. The fraction of sp³-hybridized carbons (Fsp3) is 0.409. The lowest BCUT2D eigenvalue weighted by Gasteiger charge is -2.26. The van der Waals surface area contributed by atoms with E-state index in [0.29, 0.717) is 36.8 Å². The number of rotatable bonds is 5. The Balaban J connectivity index is 1.40. The van der Waals surface area contributed by atoms with Gasteiger partial charge in [-0.05, 0) is 54.5 Å². The fourth-order valence-corrected chi connectivity index (χ4v) is 4.68. The molecule has 0 aromatic heterocycles. The predicted molar refractivity (Wildman–Crippen MR) is 100 cm³/mol. The van der Waals surface area contributed by atoms with Crippen LogP contribution in [0.25, 0.3) is 0 Å². The van der Waals surface area contributed by atoms with Gasteiger partial charge in [-0.15, -0.1) is 0 Å². The van der Waals surface area contributed by atoms with Crippen LogP contribution in [0.5, 0.6) is 5.75 Å². The van der Waals surface area contributed by atoms with Crippen molar-refractivity contribution in [2.45, 2.75) is 18.4 Å². The monoisotopic (exact) mass is 369 g/mol. The largest absolute Gasteiger partial charge is 0.497 e. The Hall–Kier alpha value is -2.24. The smallest absolute Gasteiger partial charge is 0.176 e. The Labute approximate surface area is 158 Å². The summed E-state index contributed by atoms with van der Waals surface area (Å²) in [6.07, 6.45) is 1.38. The standard InChI is InChI=1S/C22H24FNO3/c1-27-20-7-3-5-18(9-20)22(26)10-16-12-24(13-17(16)11-22)14-21(25)15-4-2-6-19(23)8-15/h2-9,16-17,26H,10-14H2,1H3. The van der Waals surface area contributed by atoms with Crippen LogP contribution in [-0.2, 0) is 5.60 Å². The summed E-state index contributed by atoms with van der Waals surface area (Å²) < 4.78 is 18.6. The number of Topliss-reactive ketones (excluding diaryl/α,β-unsaturated/α-hetero) is 1. The molecule has 4 rings (SSSR count). The molecule has 2 aromatic rings. The molecule has 1 heterocycles. The zero-order valence-electron chi connectivity index (χ0n) is 15.4. The molecule has 27 heavy (non-hydrogen) atoms. The van der Waals surface area contributed by atoms with E-state index in [1.807, 2.05) is 24.3 Å². The summed E-state index contributed by atoms with van der Waals surface area (Å²) in [5.74, 6) is 1.03. The van der Waals surface area contributed by atoms with E-state index in [1.165, 1.54) is 12.1 Å². The second kappa shape index (κ2) is 7.06. The van der Waals surface area contributed by atoms with Crippen LogP contribution >= 0.6 is 0 Å². The Kier molecular flexibility index (Phi) is 4.74. The van der Waals surface area contributed by atoms with E-state index in [0.717, 1.165) is 24.4 Å². The van der Waals surface area contributed by atoms with Gasteiger partial charge in [-0.25, -0.2) is 4.39 Å². The van der Waals surface area contributed by atoms with Gasteiger partial charge in [-0.1, -0.05) is 24.3 Å². The normalized spacial score (nSPS) is 27.5. The van der Waals surface area contributed by atoms with Gasteiger partial charge in [0.2, 0.25) is 0 Å². The fourth-order valence-electron chi connectivity index (χ4n) is 4.68. The van der Waals surface area contributed by atoms with Crippen LogP contribution in [0.4, 0.5) is 4.39 Å². The molecule has 1 aliphatic carbocycles. The average molecular weight is 369 g/mol. The first kappa shape index (κ1) is 18.1. The summed E-state index contributed by atoms with van der Waals surface area (Å²) in [4.78, 5) is 14.6. The topological polar surface area (TPSA) is 49.8 Å². The van der Waals surface area contributed by atoms with Gasteiger partial charge in [0.15, 0.2) is 5.78 Å². The number of halogens is 1. The van der Waals surface area contributed by atoms with E-state index in [-0.39, 0.29) is 11.6 Å². The molecule has 2 unspecified atom stereocenters. The Morgan fingerprint density at radius 2 is 1.89 bits per heavy atom. The van der Waals surface area contributed by atoms with Gasteiger partial charge in [-0.3, -0.25) is 9.69 Å². The number of carbonyl (C=O) groups excluding carboxylic acids is 1. The van der Waals surface area contributed by atoms with Crippen molar-refractivity contribution in [3.63, 3.8) is 0 Å². The first-order chi connectivity index (χ1) is 13.0. The number of ether oxygens (including phenoxy) is 1. The van der Waals surface area contributed by atoms with Gasteiger partial charge in [-0.2, -0.15) is 0 Å². The van der Waals surface area contributed by atoms with Crippen LogP contribution in [-0.4, -0.2) is 42.5 Å². The SMILES string of the molecule is COc1cccc(C2(O)CC3CN(CC(=O)c4cccc(F)c4)CC3C2)c1. The van der Waals surface area contributed by atoms with Crippen molar-refractivity contribution in [1.82, 2.24) is 4.90 Å². The minimum atomic E-state index is -0.831. The molecule has 2 atom stereocenters. The molecule has 2 aromatic carbocycles. The number of hydrogen-bond donors (Lipinski definition) is 1. The maximum absolute atomic E-state index is 13.3. The lowest BCUT2D eigenvalue weighted by Crippen LogP contribution is -2.31. The van der Waals surface area contributed by atoms with E-state index in [2.05, 4.69) is 4.90 Å². The molecular weight excluding hydrogens is 345 g/mol. The summed E-state index contributed by atoms with van der Waals surface area (Å²) in [5.41, 5.74) is 0.487. The summed E-state index contributed by atoms with van der Waals surface area (Å²) in [6.45, 7) is 1.88. The number of benzene rings is 2. The molecule has 0 amide bonds. The third kappa shape index (κ3) is 3.62. The molecule has 0 bridgehead atoms. The number of fused-ring (bicyclic) bond motifs is 1. The highest BCUT2D eigenvalue weighted by Gasteiger charge is 2.49. The van der Waals surface area contributed by atoms with Crippen molar-refractivity contribution in [2.75, 3.05) is 26.7 Å². The predicted octanol–water partition coefficient (Wildman–Crippen LogP) is 3.25. The van der Waals surface area contributed by atoms with Crippen LogP contribution in [0.1, 0.15) is 28.8 Å². The molecule has 1 N–H and O–H groups in total. The Bertz CT molecular complexity index is 839. The van der Waals surface area contributed by atoms with E-state index in [9.17, 15) is 14.3 Å². The molecule has 4 nitrogen and oxygen atoms in total. The number of methoxy groups -OCH3 is 1. The van der Waals surface area contributed by atoms with Crippen molar-refractivity contribution in [3.05, 3.63) is 65.5 Å². The number of nitrogens with zero attached hydrogens (tertiary/aromatic N) is 1. The minimum Gasteiger partial charge on any atom is -0.497 e. The van der Waals surface area contributed by atoms with Crippen molar-refractivity contribution in [1.29, 1.82) is 0 Å². The van der Waals surface area contributed by atoms with Crippen LogP contribution in [0.15, 0.2) is 48.5 Å². The minimum absolute atomic E-state index is 0.0578. The lowest BCUT2D eigenvalue weighted by atomic mass is 9.90. The highest BCUT2D eigenvalue weighted by atomic mass is 19.1. The average Bonchev–Trinajstić information content (AvgIpc) is 3.16. The van der Waals surface area contributed by atoms with Gasteiger partial charge in [0, 0.05) is 18.7 Å². The number of likely N-dealkylation sites (tertiary alicyclic amines) is 1. The van der Waals surface area contributed by atoms with Crippen LogP contribution in [0, 0.1) is 17.7 Å². The van der Waals surface area contributed by atoms with E-state index in [1.54, 1.807) is 19.2 Å². The van der Waals surface area contributed by atoms with Crippen LogP contribution in [0.2, 0.25) is 0 Å². The van der Waals surface area contributed by atoms with Gasteiger partial charge in [0.05, 0.1) is 19.3 Å². The molecule has 0 spiro atoms.